The molecule has 1 unspecified atom stereocenters. The molecule has 1 atom stereocenters. The number of aliphatic hydroxyl groups excluding tert-OH is 1. The van der Waals surface area contributed by atoms with E-state index in [4.69, 9.17) is 0 Å². The Kier molecular flexibility index (Phi) is 5.53. The van der Waals surface area contributed by atoms with Crippen LogP contribution in [0.5, 0.6) is 0 Å². The van der Waals surface area contributed by atoms with E-state index in [1.54, 1.807) is 6.33 Å². The zero-order valence-electron chi connectivity index (χ0n) is 13.1. The zero-order valence-corrected chi connectivity index (χ0v) is 13.1. The van der Waals surface area contributed by atoms with Crippen LogP contribution in [0, 0.1) is 13.8 Å². The van der Waals surface area contributed by atoms with Crippen molar-refractivity contribution in [2.45, 2.75) is 46.3 Å². The maximum absolute atomic E-state index is 9.67. The van der Waals surface area contributed by atoms with Crippen molar-refractivity contribution in [3.63, 3.8) is 0 Å². The van der Waals surface area contributed by atoms with Gasteiger partial charge in [0.05, 0.1) is 18.6 Å². The molecular weight excluding hydrogens is 262 g/mol. The lowest BCUT2D eigenvalue weighted by Gasteiger charge is -2.30. The van der Waals surface area contributed by atoms with Gasteiger partial charge in [-0.15, -0.1) is 0 Å². The smallest absolute Gasteiger partial charge is 0.0925 e. The highest BCUT2D eigenvalue weighted by Gasteiger charge is 2.19. The van der Waals surface area contributed by atoms with Crippen molar-refractivity contribution in [2.24, 2.45) is 0 Å². The van der Waals surface area contributed by atoms with Crippen LogP contribution in [0.25, 0.3) is 0 Å². The van der Waals surface area contributed by atoms with Crippen LogP contribution in [0.2, 0.25) is 0 Å². The molecule has 2 aromatic rings. The number of rotatable bonds is 7. The van der Waals surface area contributed by atoms with E-state index < -0.39 is 0 Å². The molecule has 1 aromatic heterocycles. The highest BCUT2D eigenvalue weighted by Crippen LogP contribution is 2.17. The normalized spacial score (nSPS) is 12.8. The van der Waals surface area contributed by atoms with E-state index in [0.29, 0.717) is 0 Å². The number of H-pyrrole nitrogens is 1. The third-order valence-corrected chi connectivity index (χ3v) is 4.12. The van der Waals surface area contributed by atoms with Gasteiger partial charge < -0.3 is 10.1 Å². The summed E-state index contributed by atoms with van der Waals surface area (Å²) in [7, 11) is 0. The van der Waals surface area contributed by atoms with Gasteiger partial charge in [-0.05, 0) is 31.4 Å². The summed E-state index contributed by atoms with van der Waals surface area (Å²) in [4.78, 5) is 9.83. The molecule has 2 N–H and O–H groups in total. The van der Waals surface area contributed by atoms with Crippen LogP contribution in [0.15, 0.2) is 30.6 Å². The highest BCUT2D eigenvalue weighted by atomic mass is 16.3. The first-order chi connectivity index (χ1) is 10.2. The Hall–Kier alpha value is -1.65. The summed E-state index contributed by atoms with van der Waals surface area (Å²) < 4.78 is 0. The summed E-state index contributed by atoms with van der Waals surface area (Å²) in [6, 6.07) is 8.57. The predicted octanol–water partition coefficient (Wildman–Crippen LogP) is 2.80. The van der Waals surface area contributed by atoms with E-state index >= 15 is 0 Å². The zero-order chi connectivity index (χ0) is 15.2. The summed E-state index contributed by atoms with van der Waals surface area (Å²) in [5, 5.41) is 9.67. The number of hydrogen-bond donors (Lipinski definition) is 2. The number of hydrogen-bond acceptors (Lipinski definition) is 3. The van der Waals surface area contributed by atoms with Crippen molar-refractivity contribution in [3.05, 3.63) is 53.1 Å². The maximum Gasteiger partial charge on any atom is 0.0925 e. The van der Waals surface area contributed by atoms with Crippen molar-refractivity contribution in [1.82, 2.24) is 14.9 Å². The fourth-order valence-electron chi connectivity index (χ4n) is 2.56. The third-order valence-electron chi connectivity index (χ3n) is 4.12. The first-order valence-corrected chi connectivity index (χ1v) is 7.54. The molecule has 21 heavy (non-hydrogen) atoms. The Morgan fingerprint density at radius 1 is 1.24 bits per heavy atom. The molecule has 0 saturated carbocycles. The number of nitrogens with one attached hydrogen (secondary N) is 1. The minimum Gasteiger partial charge on any atom is -0.395 e. The second kappa shape index (κ2) is 7.38. The number of aromatic amines is 1. The van der Waals surface area contributed by atoms with Gasteiger partial charge in [-0.3, -0.25) is 4.90 Å². The summed E-state index contributed by atoms with van der Waals surface area (Å²) >= 11 is 0. The molecule has 0 aliphatic heterocycles. The number of imidazole rings is 1. The van der Waals surface area contributed by atoms with E-state index in [1.807, 2.05) is 6.92 Å². The minimum absolute atomic E-state index is 0.153. The van der Waals surface area contributed by atoms with Gasteiger partial charge in [0.25, 0.3) is 0 Å². The fourth-order valence-corrected chi connectivity index (χ4v) is 2.56. The molecule has 0 amide bonds. The summed E-state index contributed by atoms with van der Waals surface area (Å²) in [6.45, 7) is 8.04. The monoisotopic (exact) mass is 287 g/mol. The van der Waals surface area contributed by atoms with Gasteiger partial charge in [-0.2, -0.15) is 0 Å². The van der Waals surface area contributed by atoms with E-state index in [2.05, 4.69) is 53.0 Å². The van der Waals surface area contributed by atoms with E-state index in [9.17, 15) is 5.11 Å². The molecule has 0 radical (unpaired) electrons. The van der Waals surface area contributed by atoms with Crippen LogP contribution in [0.4, 0.5) is 0 Å². The standard InChI is InChI=1S/C17H25N3O/c1-4-16(11-21)20(10-17-14(3)18-12-19-17)9-15-8-6-5-7-13(15)2/h5-8,12,16,21H,4,9-11H2,1-3H3,(H,18,19). The van der Waals surface area contributed by atoms with E-state index in [0.717, 1.165) is 30.9 Å². The van der Waals surface area contributed by atoms with Gasteiger partial charge in [-0.25, -0.2) is 4.98 Å². The Labute approximate surface area is 126 Å². The van der Waals surface area contributed by atoms with E-state index in [1.165, 1.54) is 11.1 Å². The van der Waals surface area contributed by atoms with Crippen molar-refractivity contribution >= 4 is 0 Å². The largest absolute Gasteiger partial charge is 0.395 e. The van der Waals surface area contributed by atoms with Gasteiger partial charge in [0.2, 0.25) is 0 Å². The Bertz CT molecular complexity index is 561. The van der Waals surface area contributed by atoms with Gasteiger partial charge in [0, 0.05) is 24.8 Å². The van der Waals surface area contributed by atoms with Gasteiger partial charge >= 0.3 is 0 Å². The quantitative estimate of drug-likeness (QED) is 0.823. The second-order valence-electron chi connectivity index (χ2n) is 5.55. The molecule has 0 saturated heterocycles. The molecule has 0 aliphatic rings. The Balaban J connectivity index is 2.20. The second-order valence-corrected chi connectivity index (χ2v) is 5.55. The topological polar surface area (TPSA) is 52.1 Å². The predicted molar refractivity (Wildman–Crippen MR) is 84.9 cm³/mol. The molecule has 2 rings (SSSR count). The lowest BCUT2D eigenvalue weighted by atomic mass is 10.1. The first-order valence-electron chi connectivity index (χ1n) is 7.54. The lowest BCUT2D eigenvalue weighted by molar-refractivity contribution is 0.105. The molecule has 114 valence electrons. The number of aromatic nitrogens is 2. The molecule has 0 spiro atoms. The van der Waals surface area contributed by atoms with Gasteiger partial charge in [0.1, 0.15) is 0 Å². The number of aryl methyl sites for hydroxylation is 2. The molecule has 4 nitrogen and oxygen atoms in total. The minimum atomic E-state index is 0.153. The van der Waals surface area contributed by atoms with Gasteiger partial charge in [-0.1, -0.05) is 31.2 Å². The van der Waals surface area contributed by atoms with E-state index in [-0.39, 0.29) is 12.6 Å². The van der Waals surface area contributed by atoms with Crippen molar-refractivity contribution < 1.29 is 5.11 Å². The molecule has 1 aromatic carbocycles. The average Bonchev–Trinajstić information content (AvgIpc) is 2.88. The van der Waals surface area contributed by atoms with Crippen molar-refractivity contribution in [1.29, 1.82) is 0 Å². The summed E-state index contributed by atoms with van der Waals surface area (Å²) in [6.07, 6.45) is 2.66. The Morgan fingerprint density at radius 3 is 2.57 bits per heavy atom. The van der Waals surface area contributed by atoms with Gasteiger partial charge in [0.15, 0.2) is 0 Å². The Morgan fingerprint density at radius 2 is 2.00 bits per heavy atom. The summed E-state index contributed by atoms with van der Waals surface area (Å²) in [5.41, 5.74) is 4.74. The first kappa shape index (κ1) is 15.7. The van der Waals surface area contributed by atoms with Crippen LogP contribution >= 0.6 is 0 Å². The van der Waals surface area contributed by atoms with Crippen LogP contribution in [-0.4, -0.2) is 32.6 Å². The molecule has 4 heteroatoms. The average molecular weight is 287 g/mol. The summed E-state index contributed by atoms with van der Waals surface area (Å²) in [5.74, 6) is 0. The third kappa shape index (κ3) is 3.93. The lowest BCUT2D eigenvalue weighted by Crippen LogP contribution is -2.37. The molecule has 0 aliphatic carbocycles. The highest BCUT2D eigenvalue weighted by molar-refractivity contribution is 5.25. The van der Waals surface area contributed by atoms with Crippen LogP contribution in [0.3, 0.4) is 0 Å². The SMILES string of the molecule is CCC(CO)N(Cc1ccccc1C)Cc1nc[nH]c1C. The number of benzene rings is 1. The van der Waals surface area contributed by atoms with Crippen LogP contribution in [0.1, 0.15) is 35.9 Å². The molecule has 0 bridgehead atoms. The molecule has 0 fully saturated rings. The number of nitrogens with zero attached hydrogens (tertiary/aromatic N) is 2. The van der Waals surface area contributed by atoms with Crippen LogP contribution < -0.4 is 0 Å². The molecule has 1 heterocycles. The molecular formula is C17H25N3O. The fraction of sp³-hybridized carbons (Fsp3) is 0.471. The maximum atomic E-state index is 9.67. The van der Waals surface area contributed by atoms with Crippen molar-refractivity contribution in [2.75, 3.05) is 6.61 Å². The van der Waals surface area contributed by atoms with Crippen LogP contribution in [-0.2, 0) is 13.1 Å². The van der Waals surface area contributed by atoms with Crippen molar-refractivity contribution in [3.8, 4) is 0 Å². The number of aliphatic hydroxyl groups is 1.